The van der Waals surface area contributed by atoms with E-state index in [-0.39, 0.29) is 12.4 Å². The van der Waals surface area contributed by atoms with Crippen molar-refractivity contribution in [2.24, 2.45) is 5.92 Å². The van der Waals surface area contributed by atoms with Crippen LogP contribution >= 0.6 is 12.4 Å². The fourth-order valence-electron chi connectivity index (χ4n) is 3.87. The van der Waals surface area contributed by atoms with E-state index in [0.717, 1.165) is 31.7 Å². The lowest BCUT2D eigenvalue weighted by Crippen LogP contribution is -2.45. The Hall–Kier alpha value is -0.610. The molecule has 22 heavy (non-hydrogen) atoms. The molecule has 1 saturated heterocycles. The monoisotopic (exact) mass is 324 g/mol. The van der Waals surface area contributed by atoms with Gasteiger partial charge in [0, 0.05) is 26.2 Å². The molecule has 124 valence electrons. The number of ether oxygens (including phenoxy) is 1. The van der Waals surface area contributed by atoms with Crippen LogP contribution < -0.4 is 5.32 Å². The molecule has 0 aromatic heterocycles. The Morgan fingerprint density at radius 3 is 2.64 bits per heavy atom. The van der Waals surface area contributed by atoms with Crippen molar-refractivity contribution in [2.75, 3.05) is 39.9 Å². The second-order valence-corrected chi connectivity index (χ2v) is 6.53. The lowest BCUT2D eigenvalue weighted by atomic mass is 9.96. The van der Waals surface area contributed by atoms with Crippen LogP contribution in [0.2, 0.25) is 0 Å². The van der Waals surface area contributed by atoms with Gasteiger partial charge in [-0.2, -0.15) is 0 Å². The molecule has 1 aliphatic heterocycles. The standard InChI is InChI=1S/C18H28N2O.ClH/c1-21-10-8-19-13-15-5-4-9-20(14-15)18-11-16-6-2-3-7-17(16)12-18;/h2-3,6-7,15,18-19H,4-5,8-14H2,1H3;1H. The molecule has 1 atom stereocenters. The zero-order valence-corrected chi connectivity index (χ0v) is 14.4. The van der Waals surface area contributed by atoms with Gasteiger partial charge < -0.3 is 10.1 Å². The van der Waals surface area contributed by atoms with Gasteiger partial charge in [-0.05, 0) is 55.8 Å². The number of hydrogen-bond donors (Lipinski definition) is 1. The predicted molar refractivity (Wildman–Crippen MR) is 93.9 cm³/mol. The first-order valence-corrected chi connectivity index (χ1v) is 8.37. The van der Waals surface area contributed by atoms with Gasteiger partial charge in [-0.25, -0.2) is 0 Å². The van der Waals surface area contributed by atoms with Gasteiger partial charge in [-0.1, -0.05) is 24.3 Å². The van der Waals surface area contributed by atoms with E-state index < -0.39 is 0 Å². The van der Waals surface area contributed by atoms with Gasteiger partial charge in [0.05, 0.1) is 6.61 Å². The second-order valence-electron chi connectivity index (χ2n) is 6.53. The quantitative estimate of drug-likeness (QED) is 0.814. The Balaban J connectivity index is 0.00000176. The van der Waals surface area contributed by atoms with Crippen molar-refractivity contribution in [1.82, 2.24) is 10.2 Å². The van der Waals surface area contributed by atoms with Crippen LogP contribution in [0, 0.1) is 5.92 Å². The number of hydrogen-bond acceptors (Lipinski definition) is 3. The van der Waals surface area contributed by atoms with Crippen molar-refractivity contribution in [2.45, 2.75) is 31.7 Å². The molecule has 3 rings (SSSR count). The van der Waals surface area contributed by atoms with Gasteiger partial charge in [0.15, 0.2) is 0 Å². The summed E-state index contributed by atoms with van der Waals surface area (Å²) in [5.41, 5.74) is 3.14. The summed E-state index contributed by atoms with van der Waals surface area (Å²) in [6.45, 7) is 5.47. The van der Waals surface area contributed by atoms with Crippen LogP contribution in [0.5, 0.6) is 0 Å². The SMILES string of the molecule is COCCNCC1CCCN(C2Cc3ccccc3C2)C1.Cl. The highest BCUT2D eigenvalue weighted by molar-refractivity contribution is 5.85. The van der Waals surface area contributed by atoms with Crippen molar-refractivity contribution in [3.05, 3.63) is 35.4 Å². The Morgan fingerprint density at radius 2 is 1.95 bits per heavy atom. The third-order valence-corrected chi connectivity index (χ3v) is 5.01. The Kier molecular flexibility index (Phi) is 7.16. The number of piperidine rings is 1. The zero-order valence-electron chi connectivity index (χ0n) is 13.6. The number of methoxy groups -OCH3 is 1. The van der Waals surface area contributed by atoms with Gasteiger partial charge in [0.2, 0.25) is 0 Å². The first-order valence-electron chi connectivity index (χ1n) is 8.37. The maximum absolute atomic E-state index is 5.10. The first kappa shape index (κ1) is 17.7. The summed E-state index contributed by atoms with van der Waals surface area (Å²) in [4.78, 5) is 2.74. The molecule has 0 amide bonds. The molecule has 1 heterocycles. The number of likely N-dealkylation sites (tertiary alicyclic amines) is 1. The van der Waals surface area contributed by atoms with Crippen LogP contribution in [-0.2, 0) is 17.6 Å². The van der Waals surface area contributed by atoms with Gasteiger partial charge in [-0.3, -0.25) is 4.90 Å². The number of fused-ring (bicyclic) bond motifs is 1. The third-order valence-electron chi connectivity index (χ3n) is 5.01. The Bertz CT molecular complexity index is 429. The zero-order chi connectivity index (χ0) is 14.5. The predicted octanol–water partition coefficient (Wildman–Crippen LogP) is 2.52. The first-order chi connectivity index (χ1) is 10.4. The summed E-state index contributed by atoms with van der Waals surface area (Å²) in [5.74, 6) is 0.805. The summed E-state index contributed by atoms with van der Waals surface area (Å²) in [6, 6.07) is 9.72. The molecule has 1 aromatic carbocycles. The van der Waals surface area contributed by atoms with E-state index >= 15 is 0 Å². The second kappa shape index (κ2) is 8.88. The molecule has 0 radical (unpaired) electrons. The Morgan fingerprint density at radius 1 is 1.23 bits per heavy atom. The number of nitrogens with zero attached hydrogens (tertiary/aromatic N) is 1. The average molecular weight is 325 g/mol. The van der Waals surface area contributed by atoms with Crippen LogP contribution in [0.15, 0.2) is 24.3 Å². The molecule has 1 fully saturated rings. The van der Waals surface area contributed by atoms with E-state index in [1.165, 1.54) is 38.8 Å². The van der Waals surface area contributed by atoms with E-state index in [0.29, 0.717) is 0 Å². The van der Waals surface area contributed by atoms with Gasteiger partial charge in [-0.15, -0.1) is 12.4 Å². The molecule has 1 aromatic rings. The summed E-state index contributed by atoms with van der Waals surface area (Å²) in [5, 5.41) is 3.53. The maximum atomic E-state index is 5.10. The fourth-order valence-corrected chi connectivity index (χ4v) is 3.87. The lowest BCUT2D eigenvalue weighted by molar-refractivity contribution is 0.123. The van der Waals surface area contributed by atoms with Crippen LogP contribution in [-0.4, -0.2) is 50.8 Å². The topological polar surface area (TPSA) is 24.5 Å². The minimum Gasteiger partial charge on any atom is -0.383 e. The molecular formula is C18H29ClN2O. The largest absolute Gasteiger partial charge is 0.383 e. The molecule has 1 unspecified atom stereocenters. The molecule has 0 saturated carbocycles. The van der Waals surface area contributed by atoms with E-state index in [1.54, 1.807) is 18.2 Å². The fraction of sp³-hybridized carbons (Fsp3) is 0.667. The molecule has 1 aliphatic carbocycles. The van der Waals surface area contributed by atoms with Crippen molar-refractivity contribution < 1.29 is 4.74 Å². The van der Waals surface area contributed by atoms with E-state index in [9.17, 15) is 0 Å². The molecule has 1 N–H and O–H groups in total. The van der Waals surface area contributed by atoms with E-state index in [4.69, 9.17) is 4.74 Å². The van der Waals surface area contributed by atoms with Crippen LogP contribution in [0.3, 0.4) is 0 Å². The number of nitrogens with one attached hydrogen (secondary N) is 1. The average Bonchev–Trinajstić information content (AvgIpc) is 2.96. The van der Waals surface area contributed by atoms with Crippen LogP contribution in [0.4, 0.5) is 0 Å². The minimum atomic E-state index is 0. The van der Waals surface area contributed by atoms with Crippen LogP contribution in [0.1, 0.15) is 24.0 Å². The van der Waals surface area contributed by atoms with Gasteiger partial charge >= 0.3 is 0 Å². The number of rotatable bonds is 6. The van der Waals surface area contributed by atoms with Crippen LogP contribution in [0.25, 0.3) is 0 Å². The lowest BCUT2D eigenvalue weighted by Gasteiger charge is -2.37. The summed E-state index contributed by atoms with van der Waals surface area (Å²) < 4.78 is 5.10. The normalized spacial score (nSPS) is 22.3. The van der Waals surface area contributed by atoms with Crippen molar-refractivity contribution in [3.8, 4) is 0 Å². The molecule has 2 aliphatic rings. The van der Waals surface area contributed by atoms with Crippen molar-refractivity contribution >= 4 is 12.4 Å². The molecular weight excluding hydrogens is 296 g/mol. The van der Waals surface area contributed by atoms with E-state index in [1.807, 2.05) is 0 Å². The highest BCUT2D eigenvalue weighted by atomic mass is 35.5. The smallest absolute Gasteiger partial charge is 0.0587 e. The summed E-state index contributed by atoms with van der Waals surface area (Å²) >= 11 is 0. The molecule has 0 spiro atoms. The summed E-state index contributed by atoms with van der Waals surface area (Å²) in [7, 11) is 1.77. The van der Waals surface area contributed by atoms with Crippen molar-refractivity contribution in [1.29, 1.82) is 0 Å². The maximum Gasteiger partial charge on any atom is 0.0587 e. The highest BCUT2D eigenvalue weighted by Gasteiger charge is 2.30. The molecule has 4 heteroatoms. The van der Waals surface area contributed by atoms with E-state index in [2.05, 4.69) is 34.5 Å². The van der Waals surface area contributed by atoms with Crippen molar-refractivity contribution in [3.63, 3.8) is 0 Å². The summed E-state index contributed by atoms with van der Waals surface area (Å²) in [6.07, 6.45) is 5.22. The minimum absolute atomic E-state index is 0. The number of halogens is 1. The Labute approximate surface area is 140 Å². The number of benzene rings is 1. The third kappa shape index (κ3) is 4.45. The van der Waals surface area contributed by atoms with Gasteiger partial charge in [0.1, 0.15) is 0 Å². The highest BCUT2D eigenvalue weighted by Crippen LogP contribution is 2.28. The van der Waals surface area contributed by atoms with Gasteiger partial charge in [0.25, 0.3) is 0 Å². The molecule has 0 bridgehead atoms. The molecule has 3 nitrogen and oxygen atoms in total.